The van der Waals surface area contributed by atoms with Crippen LogP contribution in [0.4, 0.5) is 0 Å². The minimum Gasteiger partial charge on any atom is -0.388 e. The number of aliphatic hydroxyl groups excluding tert-OH is 1. The second-order valence-electron chi connectivity index (χ2n) is 5.89. The zero-order valence-corrected chi connectivity index (χ0v) is 12.3. The van der Waals surface area contributed by atoms with Crippen molar-refractivity contribution < 1.29 is 9.90 Å². The van der Waals surface area contributed by atoms with Crippen molar-refractivity contribution in [3.05, 3.63) is 59.7 Å². The van der Waals surface area contributed by atoms with Gasteiger partial charge in [-0.1, -0.05) is 55.0 Å². The van der Waals surface area contributed by atoms with E-state index in [0.717, 1.165) is 35.1 Å². The highest BCUT2D eigenvalue weighted by molar-refractivity contribution is 5.94. The molecule has 0 spiro atoms. The monoisotopic (exact) mass is 280 g/mol. The van der Waals surface area contributed by atoms with Crippen molar-refractivity contribution in [2.45, 2.75) is 32.3 Å². The van der Waals surface area contributed by atoms with E-state index in [-0.39, 0.29) is 11.9 Å². The molecule has 2 aromatic rings. The van der Waals surface area contributed by atoms with Crippen LogP contribution in [0.15, 0.2) is 48.5 Å². The topological polar surface area (TPSA) is 37.3 Å². The van der Waals surface area contributed by atoms with E-state index in [9.17, 15) is 9.90 Å². The lowest BCUT2D eigenvalue weighted by atomic mass is 9.78. The Hall–Kier alpha value is -1.93. The van der Waals surface area contributed by atoms with Gasteiger partial charge in [-0.3, -0.25) is 4.79 Å². The van der Waals surface area contributed by atoms with Crippen molar-refractivity contribution in [3.63, 3.8) is 0 Å². The maximum atomic E-state index is 11.3. The highest BCUT2D eigenvalue weighted by atomic mass is 16.3. The summed E-state index contributed by atoms with van der Waals surface area (Å²) >= 11 is 0. The van der Waals surface area contributed by atoms with Gasteiger partial charge in [0.05, 0.1) is 6.10 Å². The van der Waals surface area contributed by atoms with Crippen LogP contribution in [0.1, 0.15) is 48.2 Å². The number of ketones is 1. The molecule has 1 N–H and O–H groups in total. The van der Waals surface area contributed by atoms with Crippen LogP contribution in [0.3, 0.4) is 0 Å². The molecule has 1 unspecified atom stereocenters. The maximum absolute atomic E-state index is 11.3. The number of rotatable bonds is 4. The molecule has 0 saturated heterocycles. The standard InChI is InChI=1S/C19H20O2/c1-13(20)14-5-7-15(8-6-14)16-9-11-18(12-10-16)19(21)17-3-2-4-17/h5-12,17,19,21H,2-4H2,1H3. The molecule has 1 fully saturated rings. The molecular formula is C19H20O2. The highest BCUT2D eigenvalue weighted by Crippen LogP contribution is 2.37. The first-order valence-corrected chi connectivity index (χ1v) is 7.54. The Labute approximate surface area is 125 Å². The summed E-state index contributed by atoms with van der Waals surface area (Å²) in [7, 11) is 0. The van der Waals surface area contributed by atoms with Crippen molar-refractivity contribution in [1.82, 2.24) is 0 Å². The summed E-state index contributed by atoms with van der Waals surface area (Å²) in [5.74, 6) is 0.520. The van der Waals surface area contributed by atoms with Gasteiger partial charge in [-0.15, -0.1) is 0 Å². The van der Waals surface area contributed by atoms with Gasteiger partial charge in [-0.25, -0.2) is 0 Å². The molecule has 1 atom stereocenters. The summed E-state index contributed by atoms with van der Waals surface area (Å²) in [4.78, 5) is 11.3. The number of hydrogen-bond acceptors (Lipinski definition) is 2. The summed E-state index contributed by atoms with van der Waals surface area (Å²) in [5.41, 5.74) is 3.93. The Morgan fingerprint density at radius 1 is 1.00 bits per heavy atom. The van der Waals surface area contributed by atoms with Crippen LogP contribution >= 0.6 is 0 Å². The lowest BCUT2D eigenvalue weighted by molar-refractivity contribution is 0.0621. The van der Waals surface area contributed by atoms with Gasteiger partial charge < -0.3 is 5.11 Å². The zero-order valence-electron chi connectivity index (χ0n) is 12.3. The largest absolute Gasteiger partial charge is 0.388 e. The second-order valence-corrected chi connectivity index (χ2v) is 5.89. The predicted octanol–water partition coefficient (Wildman–Crippen LogP) is 4.39. The van der Waals surface area contributed by atoms with Gasteiger partial charge in [0.25, 0.3) is 0 Å². The maximum Gasteiger partial charge on any atom is 0.159 e. The molecule has 0 radical (unpaired) electrons. The molecule has 0 heterocycles. The van der Waals surface area contributed by atoms with E-state index in [2.05, 4.69) is 0 Å². The third-order valence-electron chi connectivity index (χ3n) is 4.47. The minimum absolute atomic E-state index is 0.0838. The number of carbonyl (C=O) groups is 1. The normalized spacial score (nSPS) is 16.3. The van der Waals surface area contributed by atoms with Crippen LogP contribution in [0.5, 0.6) is 0 Å². The SMILES string of the molecule is CC(=O)c1ccc(-c2ccc(C(O)C3CCC3)cc2)cc1. The molecule has 2 nitrogen and oxygen atoms in total. The van der Waals surface area contributed by atoms with Crippen molar-refractivity contribution in [2.24, 2.45) is 5.92 Å². The fraction of sp³-hybridized carbons (Fsp3) is 0.316. The van der Waals surface area contributed by atoms with Crippen LogP contribution in [-0.2, 0) is 0 Å². The van der Waals surface area contributed by atoms with Gasteiger partial charge in [0.1, 0.15) is 0 Å². The fourth-order valence-electron chi connectivity index (χ4n) is 2.80. The Morgan fingerprint density at radius 2 is 1.52 bits per heavy atom. The molecule has 0 aliphatic heterocycles. The number of aliphatic hydroxyl groups is 1. The van der Waals surface area contributed by atoms with E-state index in [1.807, 2.05) is 48.5 Å². The van der Waals surface area contributed by atoms with Crippen LogP contribution in [0, 0.1) is 5.92 Å². The highest BCUT2D eigenvalue weighted by Gasteiger charge is 2.26. The van der Waals surface area contributed by atoms with E-state index in [0.29, 0.717) is 5.92 Å². The Kier molecular flexibility index (Phi) is 3.89. The molecular weight excluding hydrogens is 260 g/mol. The molecule has 2 heteroatoms. The van der Waals surface area contributed by atoms with Gasteiger partial charge >= 0.3 is 0 Å². The van der Waals surface area contributed by atoms with Crippen LogP contribution in [0.2, 0.25) is 0 Å². The van der Waals surface area contributed by atoms with E-state index >= 15 is 0 Å². The van der Waals surface area contributed by atoms with E-state index in [1.54, 1.807) is 6.92 Å². The van der Waals surface area contributed by atoms with Gasteiger partial charge in [0.2, 0.25) is 0 Å². The average Bonchev–Trinajstić information content (AvgIpc) is 2.46. The van der Waals surface area contributed by atoms with Crippen molar-refractivity contribution in [2.75, 3.05) is 0 Å². The van der Waals surface area contributed by atoms with Gasteiger partial charge in [-0.05, 0) is 42.4 Å². The Bertz CT molecular complexity index is 622. The quantitative estimate of drug-likeness (QED) is 0.843. The average molecular weight is 280 g/mol. The van der Waals surface area contributed by atoms with Crippen molar-refractivity contribution in [3.8, 4) is 11.1 Å². The molecule has 0 amide bonds. The van der Waals surface area contributed by atoms with Crippen molar-refractivity contribution >= 4 is 5.78 Å². The lowest BCUT2D eigenvalue weighted by Gasteiger charge is -2.30. The lowest BCUT2D eigenvalue weighted by Crippen LogP contribution is -2.19. The predicted molar refractivity (Wildman–Crippen MR) is 84.2 cm³/mol. The van der Waals surface area contributed by atoms with Gasteiger partial charge in [-0.2, -0.15) is 0 Å². The second kappa shape index (κ2) is 5.82. The molecule has 2 aromatic carbocycles. The molecule has 108 valence electrons. The summed E-state index contributed by atoms with van der Waals surface area (Å²) in [6.45, 7) is 1.58. The van der Waals surface area contributed by atoms with Gasteiger partial charge in [0.15, 0.2) is 5.78 Å². The molecule has 1 aliphatic carbocycles. The number of Topliss-reactive ketones (excluding diaryl/α,β-unsaturated/α-hetero) is 1. The molecule has 1 saturated carbocycles. The number of benzene rings is 2. The first kappa shape index (κ1) is 14.0. The molecule has 1 aliphatic rings. The molecule has 0 bridgehead atoms. The van der Waals surface area contributed by atoms with E-state index < -0.39 is 0 Å². The van der Waals surface area contributed by atoms with E-state index in [4.69, 9.17) is 0 Å². The Balaban J connectivity index is 1.78. The van der Waals surface area contributed by atoms with Crippen LogP contribution in [0.25, 0.3) is 11.1 Å². The van der Waals surface area contributed by atoms with Crippen LogP contribution < -0.4 is 0 Å². The summed E-state index contributed by atoms with van der Waals surface area (Å²) < 4.78 is 0. The van der Waals surface area contributed by atoms with E-state index in [1.165, 1.54) is 6.42 Å². The summed E-state index contributed by atoms with van der Waals surface area (Å²) in [6, 6.07) is 15.8. The summed E-state index contributed by atoms with van der Waals surface area (Å²) in [6.07, 6.45) is 3.18. The summed E-state index contributed by atoms with van der Waals surface area (Å²) in [5, 5.41) is 10.3. The first-order chi connectivity index (χ1) is 10.1. The third-order valence-corrected chi connectivity index (χ3v) is 4.47. The molecule has 0 aromatic heterocycles. The van der Waals surface area contributed by atoms with Crippen molar-refractivity contribution in [1.29, 1.82) is 0 Å². The Morgan fingerprint density at radius 3 is 1.95 bits per heavy atom. The first-order valence-electron chi connectivity index (χ1n) is 7.54. The van der Waals surface area contributed by atoms with Crippen LogP contribution in [-0.4, -0.2) is 10.9 Å². The smallest absolute Gasteiger partial charge is 0.159 e. The minimum atomic E-state index is -0.326. The third kappa shape index (κ3) is 2.91. The number of carbonyl (C=O) groups excluding carboxylic acids is 1. The molecule has 21 heavy (non-hydrogen) atoms. The zero-order chi connectivity index (χ0) is 14.8. The van der Waals surface area contributed by atoms with Gasteiger partial charge in [0, 0.05) is 5.56 Å². The number of hydrogen-bond donors (Lipinski definition) is 1. The fourth-order valence-corrected chi connectivity index (χ4v) is 2.80. The molecule has 3 rings (SSSR count).